The first-order valence-corrected chi connectivity index (χ1v) is 10.1. The van der Waals surface area contributed by atoms with E-state index in [1.165, 1.54) is 16.5 Å². The van der Waals surface area contributed by atoms with Gasteiger partial charge in [0.05, 0.1) is 12.2 Å². The van der Waals surface area contributed by atoms with Crippen molar-refractivity contribution in [1.82, 2.24) is 14.5 Å². The van der Waals surface area contributed by atoms with Gasteiger partial charge in [-0.1, -0.05) is 25.8 Å². The van der Waals surface area contributed by atoms with Crippen LogP contribution in [0.2, 0.25) is 0 Å². The number of fused-ring (bicyclic) bond motifs is 1. The van der Waals surface area contributed by atoms with Gasteiger partial charge in [0.1, 0.15) is 0 Å². The average Bonchev–Trinajstić information content (AvgIpc) is 3.06. The summed E-state index contributed by atoms with van der Waals surface area (Å²) in [6.45, 7) is 13.3. The maximum Gasteiger partial charge on any atom is 0.0931 e. The Morgan fingerprint density at radius 3 is 2.61 bits per heavy atom. The van der Waals surface area contributed by atoms with E-state index >= 15 is 0 Å². The van der Waals surface area contributed by atoms with Crippen molar-refractivity contribution < 1.29 is 0 Å². The van der Waals surface area contributed by atoms with E-state index in [1.54, 1.807) is 0 Å². The van der Waals surface area contributed by atoms with Crippen molar-refractivity contribution in [3.63, 3.8) is 0 Å². The summed E-state index contributed by atoms with van der Waals surface area (Å²) in [4.78, 5) is 6.65. The lowest BCUT2D eigenvalue weighted by molar-refractivity contribution is 0.296. The molecule has 28 heavy (non-hydrogen) atoms. The Morgan fingerprint density at radius 2 is 1.89 bits per heavy atom. The van der Waals surface area contributed by atoms with Gasteiger partial charge in [-0.05, 0) is 68.8 Å². The smallest absolute Gasteiger partial charge is 0.0931 e. The van der Waals surface area contributed by atoms with Crippen LogP contribution in [0.25, 0.3) is 10.9 Å². The number of hydrogen-bond acceptors (Lipinski definition) is 3. The molecule has 0 bridgehead atoms. The van der Waals surface area contributed by atoms with Crippen molar-refractivity contribution >= 4 is 16.6 Å². The number of rotatable bonds is 7. The molecule has 1 N–H and O–H groups in total. The van der Waals surface area contributed by atoms with Crippen LogP contribution in [-0.2, 0) is 13.1 Å². The number of hydrogen-bond donors (Lipinski definition) is 1. The molecule has 0 radical (unpaired) electrons. The lowest BCUT2D eigenvalue weighted by Crippen LogP contribution is -2.21. The van der Waals surface area contributed by atoms with E-state index in [2.05, 4.69) is 76.6 Å². The lowest BCUT2D eigenvalue weighted by atomic mass is 10.1. The zero-order chi connectivity index (χ0) is 19.9. The zero-order valence-electron chi connectivity index (χ0n) is 17.4. The van der Waals surface area contributed by atoms with Crippen molar-refractivity contribution in [1.29, 1.82) is 0 Å². The number of anilines is 1. The summed E-state index contributed by atoms with van der Waals surface area (Å²) in [6, 6.07) is 13.0. The maximum atomic E-state index is 4.22. The molecular formula is C24H30N4. The number of pyridine rings is 1. The number of benzene rings is 1. The molecule has 0 saturated carbocycles. The van der Waals surface area contributed by atoms with Gasteiger partial charge in [0, 0.05) is 41.6 Å². The Bertz CT molecular complexity index is 987. The van der Waals surface area contributed by atoms with Crippen LogP contribution < -0.4 is 5.32 Å². The summed E-state index contributed by atoms with van der Waals surface area (Å²) >= 11 is 0. The highest BCUT2D eigenvalue weighted by molar-refractivity contribution is 5.83. The molecule has 0 atom stereocenters. The summed E-state index contributed by atoms with van der Waals surface area (Å²) in [5.41, 5.74) is 5.75. The first-order valence-electron chi connectivity index (χ1n) is 10.1. The molecule has 4 nitrogen and oxygen atoms in total. The van der Waals surface area contributed by atoms with Crippen LogP contribution in [0.15, 0.2) is 42.6 Å². The van der Waals surface area contributed by atoms with E-state index in [9.17, 15) is 0 Å². The monoisotopic (exact) mass is 374 g/mol. The van der Waals surface area contributed by atoms with Gasteiger partial charge in [-0.3, -0.25) is 9.88 Å². The number of nitrogens with zero attached hydrogens (tertiary/aromatic N) is 3. The Labute approximate surface area is 168 Å². The third kappa shape index (κ3) is 4.74. The minimum atomic E-state index is 0.613. The van der Waals surface area contributed by atoms with Gasteiger partial charge >= 0.3 is 0 Å². The van der Waals surface area contributed by atoms with E-state index in [1.807, 2.05) is 25.3 Å². The van der Waals surface area contributed by atoms with Crippen molar-refractivity contribution in [2.24, 2.45) is 0 Å². The number of nitrogens with one attached hydrogen (secondary N) is 1. The van der Waals surface area contributed by atoms with Crippen molar-refractivity contribution in [3.8, 4) is 11.8 Å². The largest absolute Gasteiger partial charge is 0.374 e. The molecule has 4 heteroatoms. The Kier molecular flexibility index (Phi) is 6.73. The third-order valence-electron chi connectivity index (χ3n) is 5.08. The Hall–Kier alpha value is -2.77. The summed E-state index contributed by atoms with van der Waals surface area (Å²) < 4.78 is 2.29. The average molecular weight is 375 g/mol. The predicted molar refractivity (Wildman–Crippen MR) is 119 cm³/mol. The van der Waals surface area contributed by atoms with Crippen LogP contribution in [0, 0.1) is 18.8 Å². The fourth-order valence-electron chi connectivity index (χ4n) is 3.50. The van der Waals surface area contributed by atoms with Gasteiger partial charge in [0.2, 0.25) is 0 Å². The molecule has 0 aliphatic carbocycles. The Balaban J connectivity index is 1.77. The SMILES string of the molecule is CCN(CC)Cc1ccc2c(c1)cc(C#CCNc1ccnc(C)c1)n2CC. The quantitative estimate of drug-likeness (QED) is 0.610. The van der Waals surface area contributed by atoms with Crippen LogP contribution in [0.5, 0.6) is 0 Å². The standard InChI is InChI=1S/C24H30N4/c1-5-27(6-2)18-20-10-11-24-21(16-20)17-23(28(24)7-3)9-8-13-26-22-12-14-25-19(4)15-22/h10-12,14-17H,5-7,13,18H2,1-4H3,(H,25,26). The number of aryl methyl sites for hydroxylation is 2. The first-order chi connectivity index (χ1) is 13.6. The van der Waals surface area contributed by atoms with Gasteiger partial charge in [-0.25, -0.2) is 0 Å². The molecule has 3 rings (SSSR count). The van der Waals surface area contributed by atoms with Gasteiger partial charge in [0.25, 0.3) is 0 Å². The third-order valence-corrected chi connectivity index (χ3v) is 5.08. The molecule has 0 aliphatic heterocycles. The molecule has 2 aromatic heterocycles. The lowest BCUT2D eigenvalue weighted by Gasteiger charge is -2.18. The molecule has 1 aromatic carbocycles. The normalized spacial score (nSPS) is 10.9. The fraction of sp³-hybridized carbons (Fsp3) is 0.375. The first kappa shape index (κ1) is 20.0. The summed E-state index contributed by atoms with van der Waals surface area (Å²) in [5.74, 6) is 6.61. The van der Waals surface area contributed by atoms with Crippen LogP contribution in [0.1, 0.15) is 37.7 Å². The van der Waals surface area contributed by atoms with Crippen molar-refractivity contribution in [3.05, 3.63) is 59.5 Å². The molecule has 146 valence electrons. The van der Waals surface area contributed by atoms with Crippen molar-refractivity contribution in [2.45, 2.75) is 40.8 Å². The molecule has 0 fully saturated rings. The van der Waals surface area contributed by atoms with Crippen LogP contribution >= 0.6 is 0 Å². The molecule has 0 aliphatic rings. The number of aromatic nitrogens is 2. The molecule has 0 spiro atoms. The van der Waals surface area contributed by atoms with E-state index in [0.29, 0.717) is 6.54 Å². The highest BCUT2D eigenvalue weighted by atomic mass is 15.1. The van der Waals surface area contributed by atoms with Gasteiger partial charge in [0.15, 0.2) is 0 Å². The minimum absolute atomic E-state index is 0.613. The molecule has 0 saturated heterocycles. The second kappa shape index (κ2) is 9.43. The van der Waals surface area contributed by atoms with Crippen LogP contribution in [0.3, 0.4) is 0 Å². The molecule has 0 amide bonds. The summed E-state index contributed by atoms with van der Waals surface area (Å²) in [7, 11) is 0. The van der Waals surface area contributed by atoms with E-state index in [4.69, 9.17) is 0 Å². The molecular weight excluding hydrogens is 344 g/mol. The molecule has 3 aromatic rings. The van der Waals surface area contributed by atoms with E-state index in [-0.39, 0.29) is 0 Å². The van der Waals surface area contributed by atoms with E-state index < -0.39 is 0 Å². The van der Waals surface area contributed by atoms with Gasteiger partial charge in [-0.2, -0.15) is 0 Å². The van der Waals surface area contributed by atoms with Crippen molar-refractivity contribution in [2.75, 3.05) is 25.0 Å². The molecule has 2 heterocycles. The summed E-state index contributed by atoms with van der Waals surface area (Å²) in [5, 5.41) is 4.61. The minimum Gasteiger partial charge on any atom is -0.374 e. The second-order valence-electron chi connectivity index (χ2n) is 6.97. The zero-order valence-corrected chi connectivity index (χ0v) is 17.4. The predicted octanol–water partition coefficient (Wildman–Crippen LogP) is 4.67. The van der Waals surface area contributed by atoms with Crippen LogP contribution in [0.4, 0.5) is 5.69 Å². The van der Waals surface area contributed by atoms with Gasteiger partial charge in [-0.15, -0.1) is 0 Å². The maximum absolute atomic E-state index is 4.22. The highest BCUT2D eigenvalue weighted by Gasteiger charge is 2.08. The van der Waals surface area contributed by atoms with E-state index in [0.717, 1.165) is 43.3 Å². The Morgan fingerprint density at radius 1 is 1.07 bits per heavy atom. The summed E-state index contributed by atoms with van der Waals surface area (Å²) in [6.07, 6.45) is 1.82. The van der Waals surface area contributed by atoms with Gasteiger partial charge < -0.3 is 9.88 Å². The highest BCUT2D eigenvalue weighted by Crippen LogP contribution is 2.22. The molecule has 0 unspecified atom stereocenters. The topological polar surface area (TPSA) is 33.1 Å². The second-order valence-corrected chi connectivity index (χ2v) is 6.97. The fourth-order valence-corrected chi connectivity index (χ4v) is 3.50. The van der Waals surface area contributed by atoms with Crippen LogP contribution in [-0.4, -0.2) is 34.1 Å².